The molecule has 1 saturated heterocycles. The van der Waals surface area contributed by atoms with Gasteiger partial charge in [0.15, 0.2) is 0 Å². The lowest BCUT2D eigenvalue weighted by Gasteiger charge is -2.45. The van der Waals surface area contributed by atoms with E-state index in [0.29, 0.717) is 5.41 Å². The number of likely N-dealkylation sites (tertiary alicyclic amines) is 1. The molecule has 2 nitrogen and oxygen atoms in total. The van der Waals surface area contributed by atoms with Crippen molar-refractivity contribution in [1.29, 1.82) is 0 Å². The van der Waals surface area contributed by atoms with Gasteiger partial charge >= 0.3 is 0 Å². The van der Waals surface area contributed by atoms with Crippen molar-refractivity contribution in [2.45, 2.75) is 72.8 Å². The number of nitrogens with one attached hydrogen (secondary N) is 1. The Hall–Kier alpha value is -0.0800. The van der Waals surface area contributed by atoms with E-state index in [0.717, 1.165) is 23.8 Å². The highest BCUT2D eigenvalue weighted by atomic mass is 15.1. The van der Waals surface area contributed by atoms with Crippen molar-refractivity contribution >= 4 is 0 Å². The topological polar surface area (TPSA) is 15.3 Å². The minimum Gasteiger partial charge on any atom is -0.314 e. The summed E-state index contributed by atoms with van der Waals surface area (Å²) >= 11 is 0. The molecule has 1 N–H and O–H groups in total. The Kier molecular flexibility index (Phi) is 6.14. The van der Waals surface area contributed by atoms with Crippen molar-refractivity contribution in [3.8, 4) is 0 Å². The van der Waals surface area contributed by atoms with Crippen LogP contribution in [0.5, 0.6) is 0 Å². The Morgan fingerprint density at radius 2 is 1.81 bits per heavy atom. The molecule has 0 radical (unpaired) electrons. The zero-order valence-corrected chi connectivity index (χ0v) is 15.1. The summed E-state index contributed by atoms with van der Waals surface area (Å²) in [5.41, 5.74) is 0.544. The minimum atomic E-state index is 0.544. The van der Waals surface area contributed by atoms with E-state index in [1.807, 2.05) is 0 Å². The summed E-state index contributed by atoms with van der Waals surface area (Å²) < 4.78 is 0. The highest BCUT2D eigenvalue weighted by Crippen LogP contribution is 2.39. The van der Waals surface area contributed by atoms with Crippen LogP contribution < -0.4 is 5.32 Å². The summed E-state index contributed by atoms with van der Waals surface area (Å²) in [4.78, 5) is 2.77. The molecule has 1 saturated carbocycles. The Morgan fingerprint density at radius 1 is 1.14 bits per heavy atom. The van der Waals surface area contributed by atoms with Gasteiger partial charge in [-0.25, -0.2) is 0 Å². The molecule has 0 aromatic heterocycles. The van der Waals surface area contributed by atoms with E-state index in [2.05, 4.69) is 44.8 Å². The van der Waals surface area contributed by atoms with Crippen LogP contribution in [-0.4, -0.2) is 37.1 Å². The molecule has 2 heteroatoms. The third kappa shape index (κ3) is 5.25. The van der Waals surface area contributed by atoms with Crippen molar-refractivity contribution in [3.63, 3.8) is 0 Å². The number of hydrogen-bond donors (Lipinski definition) is 1. The Morgan fingerprint density at radius 3 is 2.43 bits per heavy atom. The van der Waals surface area contributed by atoms with E-state index in [1.54, 1.807) is 0 Å². The fourth-order valence-electron chi connectivity index (χ4n) is 4.80. The molecule has 2 rings (SSSR count). The van der Waals surface area contributed by atoms with Crippen molar-refractivity contribution < 1.29 is 0 Å². The van der Waals surface area contributed by atoms with Gasteiger partial charge in [-0.3, -0.25) is 0 Å². The second-order valence-electron chi connectivity index (χ2n) is 8.89. The van der Waals surface area contributed by atoms with Gasteiger partial charge in [0.1, 0.15) is 0 Å². The van der Waals surface area contributed by atoms with Gasteiger partial charge in [-0.15, -0.1) is 0 Å². The molecule has 1 aliphatic carbocycles. The number of nitrogens with zero attached hydrogens (tertiary/aromatic N) is 1. The van der Waals surface area contributed by atoms with E-state index >= 15 is 0 Å². The highest BCUT2D eigenvalue weighted by molar-refractivity contribution is 4.91. The van der Waals surface area contributed by atoms with Crippen LogP contribution in [0.4, 0.5) is 0 Å². The monoisotopic (exact) mass is 294 g/mol. The van der Waals surface area contributed by atoms with Gasteiger partial charge in [0.2, 0.25) is 0 Å². The van der Waals surface area contributed by atoms with Gasteiger partial charge in [0.05, 0.1) is 0 Å². The summed E-state index contributed by atoms with van der Waals surface area (Å²) in [5.74, 6) is 2.61. The standard InChI is InChI=1S/C19H38N2/c1-6-9-20-18-7-8-19(4,5)11-17(18)14-21-12-15(2)10-16(3)13-21/h15-18,20H,6-14H2,1-5H3. The summed E-state index contributed by atoms with van der Waals surface area (Å²) in [6, 6.07) is 0.755. The van der Waals surface area contributed by atoms with E-state index < -0.39 is 0 Å². The number of piperidine rings is 1. The fourth-order valence-corrected chi connectivity index (χ4v) is 4.80. The van der Waals surface area contributed by atoms with Gasteiger partial charge in [-0.2, -0.15) is 0 Å². The zero-order valence-electron chi connectivity index (χ0n) is 15.1. The number of rotatable bonds is 5. The van der Waals surface area contributed by atoms with Crippen molar-refractivity contribution in [3.05, 3.63) is 0 Å². The molecular formula is C19H38N2. The quantitative estimate of drug-likeness (QED) is 0.819. The van der Waals surface area contributed by atoms with E-state index in [1.165, 1.54) is 58.3 Å². The molecule has 2 aliphatic rings. The van der Waals surface area contributed by atoms with Crippen LogP contribution in [0.3, 0.4) is 0 Å². The molecule has 0 aromatic carbocycles. The van der Waals surface area contributed by atoms with Crippen LogP contribution >= 0.6 is 0 Å². The van der Waals surface area contributed by atoms with Crippen molar-refractivity contribution in [2.24, 2.45) is 23.2 Å². The first kappa shape index (κ1) is 17.3. The summed E-state index contributed by atoms with van der Waals surface area (Å²) in [5, 5.41) is 3.84. The van der Waals surface area contributed by atoms with Gasteiger partial charge in [-0.1, -0.05) is 34.6 Å². The molecule has 0 spiro atoms. The zero-order chi connectivity index (χ0) is 15.5. The Labute approximate surface area is 133 Å². The molecule has 1 heterocycles. The average molecular weight is 295 g/mol. The first-order valence-electron chi connectivity index (χ1n) is 9.35. The van der Waals surface area contributed by atoms with Gasteiger partial charge < -0.3 is 10.2 Å². The van der Waals surface area contributed by atoms with Gasteiger partial charge in [0, 0.05) is 25.7 Å². The maximum absolute atomic E-state index is 3.84. The first-order valence-corrected chi connectivity index (χ1v) is 9.35. The molecule has 4 unspecified atom stereocenters. The summed E-state index contributed by atoms with van der Waals surface area (Å²) in [7, 11) is 0. The summed E-state index contributed by atoms with van der Waals surface area (Å²) in [6.45, 7) is 17.2. The predicted octanol–water partition coefficient (Wildman–Crippen LogP) is 4.16. The SMILES string of the molecule is CCCNC1CCC(C)(C)CC1CN1CC(C)CC(C)C1. The molecule has 124 valence electrons. The molecule has 0 amide bonds. The molecule has 21 heavy (non-hydrogen) atoms. The van der Waals surface area contributed by atoms with Crippen molar-refractivity contribution in [2.75, 3.05) is 26.2 Å². The number of hydrogen-bond acceptors (Lipinski definition) is 2. The predicted molar refractivity (Wildman–Crippen MR) is 92.6 cm³/mol. The van der Waals surface area contributed by atoms with Crippen molar-refractivity contribution in [1.82, 2.24) is 10.2 Å². The molecule has 1 aliphatic heterocycles. The van der Waals surface area contributed by atoms with Gasteiger partial charge in [-0.05, 0) is 61.8 Å². The Balaban J connectivity index is 1.95. The van der Waals surface area contributed by atoms with Gasteiger partial charge in [0.25, 0.3) is 0 Å². The second kappa shape index (κ2) is 7.46. The van der Waals surface area contributed by atoms with Crippen LogP contribution in [0.15, 0.2) is 0 Å². The smallest absolute Gasteiger partial charge is 0.0108 e. The van der Waals surface area contributed by atoms with E-state index in [4.69, 9.17) is 0 Å². The lowest BCUT2D eigenvalue weighted by Crippen LogP contribution is -2.50. The average Bonchev–Trinajstić information content (AvgIpc) is 2.36. The maximum Gasteiger partial charge on any atom is 0.0108 e. The van der Waals surface area contributed by atoms with E-state index in [9.17, 15) is 0 Å². The molecule has 0 aromatic rings. The second-order valence-corrected chi connectivity index (χ2v) is 8.89. The molecule has 2 fully saturated rings. The van der Waals surface area contributed by atoms with E-state index in [-0.39, 0.29) is 0 Å². The minimum absolute atomic E-state index is 0.544. The van der Waals surface area contributed by atoms with Crippen LogP contribution in [0.25, 0.3) is 0 Å². The first-order chi connectivity index (χ1) is 9.89. The normalized spacial score (nSPS) is 37.6. The lowest BCUT2D eigenvalue weighted by molar-refractivity contribution is 0.0677. The lowest BCUT2D eigenvalue weighted by atomic mass is 9.69. The summed E-state index contributed by atoms with van der Waals surface area (Å²) in [6.07, 6.45) is 6.83. The van der Waals surface area contributed by atoms with Crippen LogP contribution in [0, 0.1) is 23.2 Å². The van der Waals surface area contributed by atoms with Crippen LogP contribution in [0.2, 0.25) is 0 Å². The molecular weight excluding hydrogens is 256 g/mol. The Bertz CT molecular complexity index is 303. The highest BCUT2D eigenvalue weighted by Gasteiger charge is 2.36. The van der Waals surface area contributed by atoms with Crippen LogP contribution in [0.1, 0.15) is 66.7 Å². The largest absolute Gasteiger partial charge is 0.314 e. The fraction of sp³-hybridized carbons (Fsp3) is 1.00. The molecule has 4 atom stereocenters. The van der Waals surface area contributed by atoms with Crippen LogP contribution in [-0.2, 0) is 0 Å². The third-order valence-electron chi connectivity index (χ3n) is 5.61. The third-order valence-corrected chi connectivity index (χ3v) is 5.61. The maximum atomic E-state index is 3.84. The molecule has 0 bridgehead atoms.